The molecule has 0 N–H and O–H groups in total. The monoisotopic (exact) mass is 204 g/mol. The van der Waals surface area contributed by atoms with E-state index in [0.717, 1.165) is 5.75 Å². The first kappa shape index (κ1) is 10.5. The molecule has 0 unspecified atom stereocenters. The van der Waals surface area contributed by atoms with Crippen LogP contribution in [-0.2, 0) is 6.42 Å². The molecule has 0 spiro atoms. The summed E-state index contributed by atoms with van der Waals surface area (Å²) in [5.41, 5.74) is 1.95. The average molecular weight is 204 g/mol. The van der Waals surface area contributed by atoms with Gasteiger partial charge in [-0.2, -0.15) is 0 Å². The molecule has 0 radical (unpaired) electrons. The fourth-order valence-electron chi connectivity index (χ4n) is 2.68. The van der Waals surface area contributed by atoms with Gasteiger partial charge in [0.25, 0.3) is 0 Å². The van der Waals surface area contributed by atoms with E-state index in [0.29, 0.717) is 5.41 Å². The zero-order valence-corrected chi connectivity index (χ0v) is 9.75. The van der Waals surface area contributed by atoms with Crippen LogP contribution < -0.4 is 4.74 Å². The largest absolute Gasteiger partial charge is 0.497 e. The first-order valence-corrected chi connectivity index (χ1v) is 5.85. The maximum atomic E-state index is 5.25. The van der Waals surface area contributed by atoms with E-state index in [1.165, 1.54) is 37.7 Å². The molecule has 1 aliphatic rings. The van der Waals surface area contributed by atoms with E-state index in [2.05, 4.69) is 25.1 Å². The number of rotatable bonds is 3. The lowest BCUT2D eigenvalue weighted by Crippen LogP contribution is -2.14. The van der Waals surface area contributed by atoms with E-state index in [9.17, 15) is 0 Å². The fraction of sp³-hybridized carbons (Fsp3) is 0.571. The van der Waals surface area contributed by atoms with Crippen molar-refractivity contribution in [1.29, 1.82) is 0 Å². The molecule has 0 bridgehead atoms. The van der Waals surface area contributed by atoms with Crippen molar-refractivity contribution in [3.63, 3.8) is 0 Å². The molecule has 0 aromatic heterocycles. The lowest BCUT2D eigenvalue weighted by Gasteiger charge is -2.23. The summed E-state index contributed by atoms with van der Waals surface area (Å²) in [6.45, 7) is 2.42. The van der Waals surface area contributed by atoms with Gasteiger partial charge in [-0.3, -0.25) is 0 Å². The second kappa shape index (κ2) is 4.26. The van der Waals surface area contributed by atoms with E-state index in [-0.39, 0.29) is 0 Å². The van der Waals surface area contributed by atoms with Gasteiger partial charge in [-0.1, -0.05) is 31.9 Å². The van der Waals surface area contributed by atoms with E-state index in [4.69, 9.17) is 4.74 Å². The summed E-state index contributed by atoms with van der Waals surface area (Å²) in [4.78, 5) is 0. The van der Waals surface area contributed by atoms with Gasteiger partial charge in [0.2, 0.25) is 0 Å². The van der Waals surface area contributed by atoms with Crippen LogP contribution >= 0.6 is 0 Å². The Morgan fingerprint density at radius 1 is 1.27 bits per heavy atom. The number of hydrogen-bond acceptors (Lipinski definition) is 1. The highest BCUT2D eigenvalue weighted by Crippen LogP contribution is 2.40. The first-order chi connectivity index (χ1) is 7.22. The molecule has 1 aromatic rings. The maximum Gasteiger partial charge on any atom is 0.119 e. The van der Waals surface area contributed by atoms with Crippen LogP contribution in [0.5, 0.6) is 5.75 Å². The Hall–Kier alpha value is -0.980. The summed E-state index contributed by atoms with van der Waals surface area (Å²) in [5.74, 6) is 0.981. The lowest BCUT2D eigenvalue weighted by atomic mass is 9.82. The molecule has 0 amide bonds. The van der Waals surface area contributed by atoms with Gasteiger partial charge in [-0.15, -0.1) is 0 Å². The Labute approximate surface area is 92.5 Å². The average Bonchev–Trinajstić information content (AvgIpc) is 2.65. The summed E-state index contributed by atoms with van der Waals surface area (Å²) < 4.78 is 5.25. The predicted octanol–water partition coefficient (Wildman–Crippen LogP) is 3.82. The standard InChI is InChI=1S/C14H20O/c1-14(8-3-4-9-14)11-12-6-5-7-13(10-12)15-2/h5-7,10H,3-4,8-9,11H2,1-2H3. The zero-order chi connectivity index (χ0) is 10.7. The van der Waals surface area contributed by atoms with Gasteiger partial charge < -0.3 is 4.74 Å². The van der Waals surface area contributed by atoms with Crippen LogP contribution in [0.25, 0.3) is 0 Å². The van der Waals surface area contributed by atoms with Crippen LogP contribution in [-0.4, -0.2) is 7.11 Å². The fourth-order valence-corrected chi connectivity index (χ4v) is 2.68. The second-order valence-corrected chi connectivity index (χ2v) is 5.05. The van der Waals surface area contributed by atoms with E-state index in [1.54, 1.807) is 7.11 Å². The second-order valence-electron chi connectivity index (χ2n) is 5.05. The molecule has 15 heavy (non-hydrogen) atoms. The lowest BCUT2D eigenvalue weighted by molar-refractivity contribution is 0.333. The van der Waals surface area contributed by atoms with Gasteiger partial charge >= 0.3 is 0 Å². The SMILES string of the molecule is COc1cccc(CC2(C)CCCC2)c1. The molecule has 1 heteroatoms. The highest BCUT2D eigenvalue weighted by molar-refractivity contribution is 5.29. The highest BCUT2D eigenvalue weighted by atomic mass is 16.5. The maximum absolute atomic E-state index is 5.25. The quantitative estimate of drug-likeness (QED) is 0.727. The normalized spacial score (nSPS) is 19.1. The summed E-state index contributed by atoms with van der Waals surface area (Å²) in [6, 6.07) is 8.49. The molecule has 0 aliphatic heterocycles. The molecule has 1 saturated carbocycles. The number of methoxy groups -OCH3 is 1. The summed E-state index contributed by atoms with van der Waals surface area (Å²) >= 11 is 0. The zero-order valence-electron chi connectivity index (χ0n) is 9.75. The topological polar surface area (TPSA) is 9.23 Å². The molecule has 0 atom stereocenters. The van der Waals surface area contributed by atoms with E-state index in [1.807, 2.05) is 6.07 Å². The van der Waals surface area contributed by atoms with Gasteiger partial charge in [-0.25, -0.2) is 0 Å². The summed E-state index contributed by atoms with van der Waals surface area (Å²) in [6.07, 6.45) is 6.76. The molecule has 1 aromatic carbocycles. The van der Waals surface area contributed by atoms with E-state index >= 15 is 0 Å². The van der Waals surface area contributed by atoms with Crippen molar-refractivity contribution in [3.8, 4) is 5.75 Å². The third-order valence-corrected chi connectivity index (χ3v) is 3.58. The van der Waals surface area contributed by atoms with Gasteiger partial charge in [0, 0.05) is 0 Å². The van der Waals surface area contributed by atoms with Gasteiger partial charge in [0.15, 0.2) is 0 Å². The summed E-state index contributed by atoms with van der Waals surface area (Å²) in [5, 5.41) is 0. The van der Waals surface area contributed by atoms with Crippen LogP contribution in [0.1, 0.15) is 38.2 Å². The predicted molar refractivity (Wildman–Crippen MR) is 63.3 cm³/mol. The van der Waals surface area contributed by atoms with Crippen molar-refractivity contribution in [1.82, 2.24) is 0 Å². The molecule has 1 aliphatic carbocycles. The van der Waals surface area contributed by atoms with Crippen LogP contribution in [0.4, 0.5) is 0 Å². The smallest absolute Gasteiger partial charge is 0.119 e. The molecular formula is C14H20O. The van der Waals surface area contributed by atoms with Crippen molar-refractivity contribution < 1.29 is 4.74 Å². The minimum atomic E-state index is 0.534. The van der Waals surface area contributed by atoms with Crippen molar-refractivity contribution in [2.24, 2.45) is 5.41 Å². The van der Waals surface area contributed by atoms with Gasteiger partial charge in [0.1, 0.15) is 5.75 Å². The summed E-state index contributed by atoms with van der Waals surface area (Å²) in [7, 11) is 1.73. The Bertz CT molecular complexity index is 324. The van der Waals surface area contributed by atoms with Crippen LogP contribution in [0.15, 0.2) is 24.3 Å². The molecular weight excluding hydrogens is 184 g/mol. The minimum absolute atomic E-state index is 0.534. The van der Waals surface area contributed by atoms with Crippen molar-refractivity contribution >= 4 is 0 Å². The first-order valence-electron chi connectivity index (χ1n) is 5.85. The van der Waals surface area contributed by atoms with Crippen LogP contribution in [0, 0.1) is 5.41 Å². The van der Waals surface area contributed by atoms with Crippen molar-refractivity contribution in [3.05, 3.63) is 29.8 Å². The minimum Gasteiger partial charge on any atom is -0.497 e. The van der Waals surface area contributed by atoms with Gasteiger partial charge in [-0.05, 0) is 42.4 Å². The highest BCUT2D eigenvalue weighted by Gasteiger charge is 2.28. The molecule has 1 fully saturated rings. The Kier molecular flexibility index (Phi) is 2.99. The van der Waals surface area contributed by atoms with Crippen molar-refractivity contribution in [2.45, 2.75) is 39.0 Å². The van der Waals surface area contributed by atoms with Crippen LogP contribution in [0.3, 0.4) is 0 Å². The number of ether oxygens (including phenoxy) is 1. The van der Waals surface area contributed by atoms with Crippen LogP contribution in [0.2, 0.25) is 0 Å². The van der Waals surface area contributed by atoms with E-state index < -0.39 is 0 Å². The molecule has 2 rings (SSSR count). The number of benzene rings is 1. The third-order valence-electron chi connectivity index (χ3n) is 3.58. The molecule has 0 saturated heterocycles. The Balaban J connectivity index is 2.09. The molecule has 82 valence electrons. The molecule has 0 heterocycles. The Morgan fingerprint density at radius 3 is 2.67 bits per heavy atom. The molecule has 1 nitrogen and oxygen atoms in total. The Morgan fingerprint density at radius 2 is 2.00 bits per heavy atom. The number of hydrogen-bond donors (Lipinski definition) is 0. The third kappa shape index (κ3) is 2.53. The van der Waals surface area contributed by atoms with Gasteiger partial charge in [0.05, 0.1) is 7.11 Å². The van der Waals surface area contributed by atoms with Crippen molar-refractivity contribution in [2.75, 3.05) is 7.11 Å².